The van der Waals surface area contributed by atoms with Crippen LogP contribution in [0.2, 0.25) is 0 Å². The molecule has 1 atom stereocenters. The minimum absolute atomic E-state index is 0.0307. The Morgan fingerprint density at radius 3 is 2.34 bits per heavy atom. The summed E-state index contributed by atoms with van der Waals surface area (Å²) in [7, 11) is 0. The van der Waals surface area contributed by atoms with Crippen molar-refractivity contribution < 1.29 is 19.1 Å². The zero-order valence-corrected chi connectivity index (χ0v) is 17.1. The first-order chi connectivity index (χ1) is 13.8. The summed E-state index contributed by atoms with van der Waals surface area (Å²) < 4.78 is 5.18. The average molecular weight is 413 g/mol. The van der Waals surface area contributed by atoms with Crippen molar-refractivity contribution in [3.8, 4) is 0 Å². The first-order valence-electron chi connectivity index (χ1n) is 9.20. The van der Waals surface area contributed by atoms with Crippen molar-refractivity contribution in [2.24, 2.45) is 0 Å². The van der Waals surface area contributed by atoms with Crippen molar-refractivity contribution in [3.63, 3.8) is 0 Å². The maximum Gasteiger partial charge on any atom is 0.338 e. The van der Waals surface area contributed by atoms with Gasteiger partial charge in [-0.1, -0.05) is 48.0 Å². The number of hydrogen-bond acceptors (Lipinski definition) is 5. The number of ether oxygens (including phenoxy) is 1. The van der Waals surface area contributed by atoms with Crippen molar-refractivity contribution in [2.75, 3.05) is 4.90 Å². The van der Waals surface area contributed by atoms with Gasteiger partial charge in [0.1, 0.15) is 10.7 Å². The monoisotopic (exact) mass is 412 g/mol. The van der Waals surface area contributed by atoms with Crippen LogP contribution in [0.3, 0.4) is 0 Å². The van der Waals surface area contributed by atoms with Gasteiger partial charge < -0.3 is 10.1 Å². The van der Waals surface area contributed by atoms with Crippen molar-refractivity contribution >= 4 is 35.1 Å². The Labute approximate surface area is 174 Å². The number of esters is 1. The number of halogens is 1. The van der Waals surface area contributed by atoms with Gasteiger partial charge in [0.2, 0.25) is 0 Å². The number of anilines is 1. The number of benzene rings is 2. The molecule has 2 aromatic rings. The molecule has 3 rings (SSSR count). The Morgan fingerprint density at radius 1 is 1.00 bits per heavy atom. The van der Waals surface area contributed by atoms with E-state index in [4.69, 9.17) is 16.3 Å². The van der Waals surface area contributed by atoms with E-state index in [0.717, 1.165) is 10.5 Å². The zero-order valence-electron chi connectivity index (χ0n) is 16.3. The van der Waals surface area contributed by atoms with Gasteiger partial charge in [-0.15, -0.1) is 0 Å². The Balaban J connectivity index is 1.84. The molecule has 1 aliphatic rings. The summed E-state index contributed by atoms with van der Waals surface area (Å²) in [6, 6.07) is 15.4. The number of amides is 2. The van der Waals surface area contributed by atoms with E-state index in [1.54, 1.807) is 32.0 Å². The molecule has 1 unspecified atom stereocenters. The number of hydrogen-bond donors (Lipinski definition) is 1. The number of carbonyl (C=O) groups excluding carboxylic acids is 3. The number of imide groups is 1. The molecule has 150 valence electrons. The molecule has 0 aromatic heterocycles. The first kappa shape index (κ1) is 20.6. The fourth-order valence-corrected chi connectivity index (χ4v) is 3.18. The summed E-state index contributed by atoms with van der Waals surface area (Å²) >= 11 is 6.18. The lowest BCUT2D eigenvalue weighted by Crippen LogP contribution is -2.34. The number of carbonyl (C=O) groups is 3. The molecule has 0 radical (unpaired) electrons. The van der Waals surface area contributed by atoms with E-state index < -0.39 is 17.8 Å². The van der Waals surface area contributed by atoms with Gasteiger partial charge in [0.25, 0.3) is 11.8 Å². The molecule has 7 heteroatoms. The van der Waals surface area contributed by atoms with Crippen molar-refractivity contribution in [1.82, 2.24) is 5.32 Å². The molecule has 2 aromatic carbocycles. The van der Waals surface area contributed by atoms with Crippen LogP contribution in [0.15, 0.2) is 65.3 Å². The highest BCUT2D eigenvalue weighted by atomic mass is 35.5. The molecule has 0 spiro atoms. The Hall–Kier alpha value is -3.12. The highest BCUT2D eigenvalue weighted by Gasteiger charge is 2.39. The van der Waals surface area contributed by atoms with E-state index in [9.17, 15) is 14.4 Å². The van der Waals surface area contributed by atoms with Crippen LogP contribution in [0.1, 0.15) is 42.7 Å². The topological polar surface area (TPSA) is 75.7 Å². The average Bonchev–Trinajstić information content (AvgIpc) is 2.91. The second-order valence-corrected chi connectivity index (χ2v) is 7.29. The highest BCUT2D eigenvalue weighted by Crippen LogP contribution is 2.30. The van der Waals surface area contributed by atoms with E-state index in [0.29, 0.717) is 0 Å². The lowest BCUT2D eigenvalue weighted by Gasteiger charge is -2.18. The summed E-state index contributed by atoms with van der Waals surface area (Å²) in [4.78, 5) is 38.7. The summed E-state index contributed by atoms with van der Waals surface area (Å²) in [6.45, 7) is 5.35. The molecule has 0 fully saturated rings. The molecule has 0 bridgehead atoms. The van der Waals surface area contributed by atoms with Gasteiger partial charge in [0, 0.05) is 6.04 Å². The van der Waals surface area contributed by atoms with Crippen LogP contribution in [0.4, 0.5) is 5.69 Å². The van der Waals surface area contributed by atoms with Gasteiger partial charge in [-0.3, -0.25) is 9.59 Å². The number of rotatable bonds is 6. The normalized spacial score (nSPS) is 15.1. The molecule has 6 nitrogen and oxygen atoms in total. The second kappa shape index (κ2) is 8.49. The molecule has 1 aliphatic heterocycles. The van der Waals surface area contributed by atoms with Gasteiger partial charge in [-0.2, -0.15) is 0 Å². The van der Waals surface area contributed by atoms with Crippen molar-refractivity contribution in [3.05, 3.63) is 76.5 Å². The number of nitrogens with zero attached hydrogens (tertiary/aromatic N) is 1. The largest absolute Gasteiger partial charge is 0.459 e. The molecule has 29 heavy (non-hydrogen) atoms. The van der Waals surface area contributed by atoms with E-state index in [1.165, 1.54) is 6.07 Å². The minimum Gasteiger partial charge on any atom is -0.459 e. The van der Waals surface area contributed by atoms with Crippen LogP contribution in [0.5, 0.6) is 0 Å². The quantitative estimate of drug-likeness (QED) is 0.574. The van der Waals surface area contributed by atoms with Gasteiger partial charge in [-0.05, 0) is 44.5 Å². The van der Waals surface area contributed by atoms with E-state index >= 15 is 0 Å². The lowest BCUT2D eigenvalue weighted by atomic mass is 10.1. The van der Waals surface area contributed by atoms with Crippen LogP contribution >= 0.6 is 11.6 Å². The minimum atomic E-state index is -0.645. The standard InChI is InChI=1S/C22H21ClN2O4/c1-13(2)29-22(28)16-10-7-11-17(12-16)25-20(26)18(23)19(21(25)27)24-14(3)15-8-5-4-6-9-15/h4-14,24H,1-3H3. The third-order valence-corrected chi connectivity index (χ3v) is 4.72. The lowest BCUT2D eigenvalue weighted by molar-refractivity contribution is -0.120. The smallest absolute Gasteiger partial charge is 0.338 e. The van der Waals surface area contributed by atoms with E-state index in [2.05, 4.69) is 5.32 Å². The number of nitrogens with one attached hydrogen (secondary N) is 1. The fourth-order valence-electron chi connectivity index (χ4n) is 2.96. The summed E-state index contributed by atoms with van der Waals surface area (Å²) in [6.07, 6.45) is -0.285. The van der Waals surface area contributed by atoms with E-state index in [-0.39, 0.29) is 34.1 Å². The van der Waals surface area contributed by atoms with Gasteiger partial charge >= 0.3 is 5.97 Å². The Morgan fingerprint density at radius 2 is 1.69 bits per heavy atom. The molecule has 0 saturated carbocycles. The molecule has 1 N–H and O–H groups in total. The van der Waals surface area contributed by atoms with Crippen LogP contribution < -0.4 is 10.2 Å². The highest BCUT2D eigenvalue weighted by molar-refractivity contribution is 6.52. The van der Waals surface area contributed by atoms with Gasteiger partial charge in [-0.25, -0.2) is 9.69 Å². The van der Waals surface area contributed by atoms with Crippen LogP contribution in [-0.2, 0) is 14.3 Å². The maximum absolute atomic E-state index is 12.9. The summed E-state index contributed by atoms with van der Waals surface area (Å²) in [5.41, 5.74) is 1.47. The fraction of sp³-hybridized carbons (Fsp3) is 0.227. The maximum atomic E-state index is 12.9. The summed E-state index contributed by atoms with van der Waals surface area (Å²) in [5, 5.41) is 2.85. The van der Waals surface area contributed by atoms with Crippen LogP contribution in [-0.4, -0.2) is 23.9 Å². The van der Waals surface area contributed by atoms with Crippen LogP contribution in [0.25, 0.3) is 0 Å². The predicted octanol–water partition coefficient (Wildman–Crippen LogP) is 3.93. The Bertz CT molecular complexity index is 985. The molecule has 0 saturated heterocycles. The van der Waals surface area contributed by atoms with Gasteiger partial charge in [0.15, 0.2) is 0 Å². The van der Waals surface area contributed by atoms with E-state index in [1.807, 2.05) is 37.3 Å². The Kier molecular flexibility index (Phi) is 6.03. The summed E-state index contributed by atoms with van der Waals surface area (Å²) in [5.74, 6) is -1.75. The first-order valence-corrected chi connectivity index (χ1v) is 9.58. The SMILES string of the molecule is CC(C)OC(=O)c1cccc(N2C(=O)C(Cl)=C(NC(C)c3ccccc3)C2=O)c1. The zero-order chi connectivity index (χ0) is 21.1. The molecule has 0 aliphatic carbocycles. The molecule has 2 amide bonds. The third-order valence-electron chi connectivity index (χ3n) is 4.37. The molecular weight excluding hydrogens is 392 g/mol. The van der Waals surface area contributed by atoms with Crippen LogP contribution in [0, 0.1) is 0 Å². The van der Waals surface area contributed by atoms with Gasteiger partial charge in [0.05, 0.1) is 17.4 Å². The second-order valence-electron chi connectivity index (χ2n) is 6.92. The predicted molar refractivity (Wildman–Crippen MR) is 110 cm³/mol. The third kappa shape index (κ3) is 4.32. The molecule has 1 heterocycles. The molecular formula is C22H21ClN2O4. The van der Waals surface area contributed by atoms with Crippen molar-refractivity contribution in [2.45, 2.75) is 32.9 Å². The van der Waals surface area contributed by atoms with Crippen molar-refractivity contribution in [1.29, 1.82) is 0 Å².